The van der Waals surface area contributed by atoms with Crippen molar-refractivity contribution < 1.29 is 17.9 Å². The van der Waals surface area contributed by atoms with Crippen molar-refractivity contribution in [3.05, 3.63) is 60.4 Å². The van der Waals surface area contributed by atoms with Crippen LogP contribution in [0.4, 0.5) is 13.2 Å². The van der Waals surface area contributed by atoms with Crippen molar-refractivity contribution in [1.29, 1.82) is 0 Å². The second-order valence-electron chi connectivity index (χ2n) is 4.74. The maximum Gasteiger partial charge on any atom is 0.449 e. The summed E-state index contributed by atoms with van der Waals surface area (Å²) in [5, 5.41) is 0. The van der Waals surface area contributed by atoms with E-state index in [4.69, 9.17) is 4.74 Å². The number of nitrogens with zero attached hydrogens (tertiary/aromatic N) is 2. The lowest BCUT2D eigenvalue weighted by atomic mass is 10.3. The van der Waals surface area contributed by atoms with Gasteiger partial charge in [-0.1, -0.05) is 30.3 Å². The molecule has 0 fully saturated rings. The average Bonchev–Trinajstić information content (AvgIpc) is 2.88. The van der Waals surface area contributed by atoms with Gasteiger partial charge in [0.15, 0.2) is 0 Å². The van der Waals surface area contributed by atoms with Gasteiger partial charge in [-0.3, -0.25) is 0 Å². The van der Waals surface area contributed by atoms with Crippen LogP contribution in [0.1, 0.15) is 5.82 Å². The minimum absolute atomic E-state index is 0.0737. The Hall–Kier alpha value is -2.50. The maximum atomic E-state index is 13.1. The monoisotopic (exact) mass is 306 g/mol. The maximum absolute atomic E-state index is 13.1. The fourth-order valence-corrected chi connectivity index (χ4v) is 2.29. The summed E-state index contributed by atoms with van der Waals surface area (Å²) in [6.07, 6.45) is -4.49. The van der Waals surface area contributed by atoms with Crippen molar-refractivity contribution in [2.75, 3.05) is 6.61 Å². The topological polar surface area (TPSA) is 27.1 Å². The minimum Gasteiger partial charge on any atom is -0.492 e. The highest BCUT2D eigenvalue weighted by Crippen LogP contribution is 2.31. The first-order chi connectivity index (χ1) is 10.6. The summed E-state index contributed by atoms with van der Waals surface area (Å²) in [7, 11) is 0. The van der Waals surface area contributed by atoms with Gasteiger partial charge in [-0.15, -0.1) is 0 Å². The van der Waals surface area contributed by atoms with Crippen LogP contribution in [0.25, 0.3) is 11.0 Å². The molecule has 0 amide bonds. The van der Waals surface area contributed by atoms with Crippen molar-refractivity contribution in [2.24, 2.45) is 0 Å². The molecule has 0 atom stereocenters. The zero-order valence-electron chi connectivity index (χ0n) is 11.5. The van der Waals surface area contributed by atoms with E-state index in [0.29, 0.717) is 16.8 Å². The van der Waals surface area contributed by atoms with Crippen molar-refractivity contribution in [1.82, 2.24) is 9.55 Å². The van der Waals surface area contributed by atoms with Gasteiger partial charge in [0.25, 0.3) is 0 Å². The first-order valence-corrected chi connectivity index (χ1v) is 6.76. The van der Waals surface area contributed by atoms with Gasteiger partial charge in [0.2, 0.25) is 5.82 Å². The SMILES string of the molecule is FC(F)(F)c1nc2ccccc2n1CCOc1ccccc1. The average molecular weight is 306 g/mol. The Morgan fingerprint density at radius 3 is 2.36 bits per heavy atom. The molecule has 2 aromatic carbocycles. The summed E-state index contributed by atoms with van der Waals surface area (Å²) in [4.78, 5) is 3.69. The molecule has 0 aliphatic heterocycles. The quantitative estimate of drug-likeness (QED) is 0.724. The first kappa shape index (κ1) is 14.4. The summed E-state index contributed by atoms with van der Waals surface area (Å²) in [6, 6.07) is 15.5. The zero-order valence-corrected chi connectivity index (χ0v) is 11.5. The molecular weight excluding hydrogens is 293 g/mol. The van der Waals surface area contributed by atoms with Crippen LogP contribution in [-0.2, 0) is 12.7 Å². The summed E-state index contributed by atoms with van der Waals surface area (Å²) in [5.74, 6) is -0.272. The van der Waals surface area contributed by atoms with Crippen LogP contribution in [0.3, 0.4) is 0 Å². The molecule has 0 aliphatic rings. The molecule has 0 saturated heterocycles. The molecular formula is C16H13F3N2O. The van der Waals surface area contributed by atoms with Crippen LogP contribution >= 0.6 is 0 Å². The van der Waals surface area contributed by atoms with Gasteiger partial charge >= 0.3 is 6.18 Å². The highest BCUT2D eigenvalue weighted by molar-refractivity contribution is 5.76. The van der Waals surface area contributed by atoms with Crippen molar-refractivity contribution in [2.45, 2.75) is 12.7 Å². The second kappa shape index (κ2) is 5.71. The fraction of sp³-hybridized carbons (Fsp3) is 0.188. The van der Waals surface area contributed by atoms with Crippen molar-refractivity contribution in [3.8, 4) is 5.75 Å². The van der Waals surface area contributed by atoms with Gasteiger partial charge in [-0.25, -0.2) is 4.98 Å². The van der Waals surface area contributed by atoms with E-state index in [-0.39, 0.29) is 13.2 Å². The summed E-state index contributed by atoms with van der Waals surface area (Å²) < 4.78 is 46.0. The van der Waals surface area contributed by atoms with Gasteiger partial charge in [-0.05, 0) is 24.3 Å². The Labute approximate surface area is 125 Å². The molecule has 1 aromatic heterocycles. The molecule has 3 rings (SSSR count). The van der Waals surface area contributed by atoms with Crippen LogP contribution in [0, 0.1) is 0 Å². The van der Waals surface area contributed by atoms with E-state index in [1.807, 2.05) is 18.2 Å². The number of halogens is 3. The second-order valence-corrected chi connectivity index (χ2v) is 4.74. The molecule has 3 nitrogen and oxygen atoms in total. The number of ether oxygens (including phenoxy) is 1. The van der Waals surface area contributed by atoms with E-state index in [1.165, 1.54) is 0 Å². The molecule has 0 bridgehead atoms. The molecule has 114 valence electrons. The van der Waals surface area contributed by atoms with Gasteiger partial charge in [0.1, 0.15) is 12.4 Å². The lowest BCUT2D eigenvalue weighted by Crippen LogP contribution is -2.18. The van der Waals surface area contributed by atoms with E-state index in [1.54, 1.807) is 36.4 Å². The van der Waals surface area contributed by atoms with Gasteiger partial charge < -0.3 is 9.30 Å². The van der Waals surface area contributed by atoms with E-state index in [9.17, 15) is 13.2 Å². The third-order valence-corrected chi connectivity index (χ3v) is 3.23. The summed E-state index contributed by atoms with van der Waals surface area (Å²) in [5.41, 5.74) is 0.779. The van der Waals surface area contributed by atoms with Crippen LogP contribution in [0.2, 0.25) is 0 Å². The Bertz CT molecular complexity index is 766. The number of para-hydroxylation sites is 3. The molecule has 1 heterocycles. The van der Waals surface area contributed by atoms with Crippen LogP contribution in [-0.4, -0.2) is 16.2 Å². The van der Waals surface area contributed by atoms with Gasteiger partial charge in [0, 0.05) is 0 Å². The zero-order chi connectivity index (χ0) is 15.6. The van der Waals surface area contributed by atoms with E-state index < -0.39 is 12.0 Å². The highest BCUT2D eigenvalue weighted by atomic mass is 19.4. The van der Waals surface area contributed by atoms with E-state index >= 15 is 0 Å². The Morgan fingerprint density at radius 1 is 0.955 bits per heavy atom. The minimum atomic E-state index is -4.49. The molecule has 0 N–H and O–H groups in total. The van der Waals surface area contributed by atoms with Gasteiger partial charge in [0.05, 0.1) is 17.6 Å². The third-order valence-electron chi connectivity index (χ3n) is 3.23. The predicted octanol–water partition coefficient (Wildman–Crippen LogP) is 4.13. The highest BCUT2D eigenvalue weighted by Gasteiger charge is 2.37. The lowest BCUT2D eigenvalue weighted by Gasteiger charge is -2.12. The number of imidazole rings is 1. The summed E-state index contributed by atoms with van der Waals surface area (Å²) >= 11 is 0. The number of alkyl halides is 3. The third kappa shape index (κ3) is 2.90. The molecule has 3 aromatic rings. The Kier molecular flexibility index (Phi) is 3.75. The van der Waals surface area contributed by atoms with Crippen molar-refractivity contribution in [3.63, 3.8) is 0 Å². The van der Waals surface area contributed by atoms with Crippen molar-refractivity contribution >= 4 is 11.0 Å². The smallest absolute Gasteiger partial charge is 0.449 e. The van der Waals surface area contributed by atoms with E-state index in [0.717, 1.165) is 4.57 Å². The predicted molar refractivity (Wildman–Crippen MR) is 76.7 cm³/mol. The first-order valence-electron chi connectivity index (χ1n) is 6.76. The molecule has 22 heavy (non-hydrogen) atoms. The lowest BCUT2D eigenvalue weighted by molar-refractivity contribution is -0.147. The number of hydrogen-bond donors (Lipinski definition) is 0. The van der Waals surface area contributed by atoms with E-state index in [2.05, 4.69) is 4.98 Å². The Morgan fingerprint density at radius 2 is 1.64 bits per heavy atom. The largest absolute Gasteiger partial charge is 0.492 e. The standard InChI is InChI=1S/C16H13F3N2O/c17-16(18,19)15-20-13-8-4-5-9-14(13)21(15)10-11-22-12-6-2-1-3-7-12/h1-9H,10-11H2. The molecule has 0 spiro atoms. The molecule has 0 saturated carbocycles. The molecule has 6 heteroatoms. The normalized spacial score (nSPS) is 11.8. The number of hydrogen-bond acceptors (Lipinski definition) is 2. The number of fused-ring (bicyclic) bond motifs is 1. The number of aromatic nitrogens is 2. The fourth-order valence-electron chi connectivity index (χ4n) is 2.29. The molecule has 0 aliphatic carbocycles. The number of benzene rings is 2. The number of rotatable bonds is 4. The molecule has 0 unspecified atom stereocenters. The van der Waals surface area contributed by atoms with Gasteiger partial charge in [-0.2, -0.15) is 13.2 Å². The molecule has 0 radical (unpaired) electrons. The van der Waals surface area contributed by atoms with Crippen LogP contribution < -0.4 is 4.74 Å². The summed E-state index contributed by atoms with van der Waals surface area (Å²) in [6.45, 7) is 0.206. The van der Waals surface area contributed by atoms with Crippen LogP contribution in [0.5, 0.6) is 5.75 Å². The van der Waals surface area contributed by atoms with Crippen LogP contribution in [0.15, 0.2) is 54.6 Å². The Balaban J connectivity index is 1.85.